The average Bonchev–Trinajstić information content (AvgIpc) is 2.89. The average molecular weight is 299 g/mol. The number of ether oxygens (including phenoxy) is 1. The predicted octanol–water partition coefficient (Wildman–Crippen LogP) is 3.19. The van der Waals surface area contributed by atoms with Crippen LogP contribution in [0.2, 0.25) is 0 Å². The van der Waals surface area contributed by atoms with Gasteiger partial charge in [0.15, 0.2) is 0 Å². The summed E-state index contributed by atoms with van der Waals surface area (Å²) in [5.41, 5.74) is 1.52. The molecule has 0 aliphatic carbocycles. The van der Waals surface area contributed by atoms with E-state index < -0.39 is 0 Å². The molecule has 0 bridgehead atoms. The van der Waals surface area contributed by atoms with Crippen molar-refractivity contribution in [2.75, 3.05) is 6.61 Å². The highest BCUT2D eigenvalue weighted by molar-refractivity contribution is 9.10. The van der Waals surface area contributed by atoms with E-state index in [2.05, 4.69) is 25.9 Å². The first-order valence-electron chi connectivity index (χ1n) is 5.67. The Morgan fingerprint density at radius 3 is 3.18 bits per heavy atom. The van der Waals surface area contributed by atoms with Gasteiger partial charge in [-0.05, 0) is 34.8 Å². The summed E-state index contributed by atoms with van der Waals surface area (Å²) in [7, 11) is 0. The summed E-state index contributed by atoms with van der Waals surface area (Å²) in [6, 6.07) is 3.16. The minimum Gasteiger partial charge on any atom is -0.378 e. The molecule has 1 N–H and O–H groups in total. The van der Waals surface area contributed by atoms with Crippen molar-refractivity contribution in [1.82, 2.24) is 9.97 Å². The lowest BCUT2D eigenvalue weighted by Crippen LogP contribution is -2.09. The molecule has 90 valence electrons. The van der Waals surface area contributed by atoms with Crippen LogP contribution in [-0.2, 0) is 11.2 Å². The zero-order valence-electron chi connectivity index (χ0n) is 9.17. The van der Waals surface area contributed by atoms with Crippen molar-refractivity contribution in [3.63, 3.8) is 0 Å². The standard InChI is InChI=1S/C12H12BrFN2O/c13-8-5-10-11(6-9(8)14)16-12(15-10)4-7-2-1-3-17-7/h5-7H,1-4H2,(H,15,16). The normalized spacial score (nSPS) is 20.2. The smallest absolute Gasteiger partial charge is 0.139 e. The highest BCUT2D eigenvalue weighted by Gasteiger charge is 2.18. The van der Waals surface area contributed by atoms with Gasteiger partial charge < -0.3 is 9.72 Å². The molecular weight excluding hydrogens is 287 g/mol. The van der Waals surface area contributed by atoms with Gasteiger partial charge in [0.2, 0.25) is 0 Å². The van der Waals surface area contributed by atoms with Gasteiger partial charge in [0.05, 0.1) is 21.6 Å². The van der Waals surface area contributed by atoms with Crippen LogP contribution in [0.4, 0.5) is 4.39 Å². The van der Waals surface area contributed by atoms with Crippen molar-refractivity contribution in [3.8, 4) is 0 Å². The first-order chi connectivity index (χ1) is 8.22. The first-order valence-corrected chi connectivity index (χ1v) is 6.47. The maximum atomic E-state index is 13.3. The van der Waals surface area contributed by atoms with E-state index in [1.54, 1.807) is 6.07 Å². The van der Waals surface area contributed by atoms with Gasteiger partial charge in [0.1, 0.15) is 11.6 Å². The van der Waals surface area contributed by atoms with Crippen LogP contribution < -0.4 is 0 Å². The summed E-state index contributed by atoms with van der Waals surface area (Å²) in [6.45, 7) is 0.838. The molecule has 1 saturated heterocycles. The van der Waals surface area contributed by atoms with E-state index >= 15 is 0 Å². The molecule has 5 heteroatoms. The molecule has 1 unspecified atom stereocenters. The van der Waals surface area contributed by atoms with Crippen LogP contribution in [0.15, 0.2) is 16.6 Å². The molecule has 2 aromatic rings. The number of aromatic amines is 1. The Morgan fingerprint density at radius 1 is 1.53 bits per heavy atom. The number of nitrogens with zero attached hydrogens (tertiary/aromatic N) is 1. The second-order valence-electron chi connectivity index (χ2n) is 4.31. The predicted molar refractivity (Wildman–Crippen MR) is 66.4 cm³/mol. The number of rotatable bonds is 2. The van der Waals surface area contributed by atoms with Crippen molar-refractivity contribution >= 4 is 27.0 Å². The van der Waals surface area contributed by atoms with E-state index in [4.69, 9.17) is 4.74 Å². The molecule has 3 nitrogen and oxygen atoms in total. The van der Waals surface area contributed by atoms with Gasteiger partial charge in [-0.3, -0.25) is 0 Å². The van der Waals surface area contributed by atoms with E-state index in [9.17, 15) is 4.39 Å². The van der Waals surface area contributed by atoms with Gasteiger partial charge in [-0.1, -0.05) is 0 Å². The summed E-state index contributed by atoms with van der Waals surface area (Å²) in [4.78, 5) is 7.58. The van der Waals surface area contributed by atoms with Crippen LogP contribution in [0.25, 0.3) is 11.0 Å². The molecule has 3 rings (SSSR count). The second kappa shape index (κ2) is 4.38. The number of benzene rings is 1. The van der Waals surface area contributed by atoms with Gasteiger partial charge in [0.25, 0.3) is 0 Å². The summed E-state index contributed by atoms with van der Waals surface area (Å²) in [5, 5.41) is 0. The lowest BCUT2D eigenvalue weighted by molar-refractivity contribution is 0.110. The van der Waals surface area contributed by atoms with Crippen molar-refractivity contribution in [1.29, 1.82) is 0 Å². The van der Waals surface area contributed by atoms with E-state index in [0.717, 1.165) is 42.7 Å². The van der Waals surface area contributed by atoms with E-state index in [1.165, 1.54) is 6.07 Å². The van der Waals surface area contributed by atoms with Gasteiger partial charge in [0, 0.05) is 19.1 Å². The molecule has 1 atom stereocenters. The monoisotopic (exact) mass is 298 g/mol. The number of aromatic nitrogens is 2. The number of hydrogen-bond donors (Lipinski definition) is 1. The van der Waals surface area contributed by atoms with Crippen LogP contribution in [0.1, 0.15) is 18.7 Å². The Balaban J connectivity index is 1.90. The number of imidazole rings is 1. The fraction of sp³-hybridized carbons (Fsp3) is 0.417. The SMILES string of the molecule is Fc1cc2[nH]c(CC3CCCO3)nc2cc1Br. The number of hydrogen-bond acceptors (Lipinski definition) is 2. The Labute approximate surface area is 107 Å². The number of halogens is 2. The number of nitrogens with one attached hydrogen (secondary N) is 1. The molecule has 0 radical (unpaired) electrons. The Bertz CT molecular complexity index is 510. The molecule has 1 aliphatic heterocycles. The minimum absolute atomic E-state index is 0.254. The topological polar surface area (TPSA) is 37.9 Å². The lowest BCUT2D eigenvalue weighted by Gasteiger charge is -2.05. The van der Waals surface area contributed by atoms with Crippen LogP contribution >= 0.6 is 15.9 Å². The van der Waals surface area contributed by atoms with Gasteiger partial charge >= 0.3 is 0 Å². The van der Waals surface area contributed by atoms with E-state index in [1.807, 2.05) is 0 Å². The van der Waals surface area contributed by atoms with Crippen LogP contribution in [0.3, 0.4) is 0 Å². The summed E-state index contributed by atoms with van der Waals surface area (Å²) < 4.78 is 19.3. The zero-order valence-corrected chi connectivity index (χ0v) is 10.8. The number of fused-ring (bicyclic) bond motifs is 1. The molecule has 0 spiro atoms. The zero-order chi connectivity index (χ0) is 11.8. The van der Waals surface area contributed by atoms with Crippen LogP contribution in [0.5, 0.6) is 0 Å². The minimum atomic E-state index is -0.273. The molecule has 1 aromatic heterocycles. The van der Waals surface area contributed by atoms with Crippen molar-refractivity contribution in [2.45, 2.75) is 25.4 Å². The maximum Gasteiger partial charge on any atom is 0.139 e. The summed E-state index contributed by atoms with van der Waals surface area (Å²) in [6.07, 6.45) is 3.22. The van der Waals surface area contributed by atoms with Crippen molar-refractivity contribution in [2.24, 2.45) is 0 Å². The van der Waals surface area contributed by atoms with Gasteiger partial charge in [-0.15, -0.1) is 0 Å². The fourth-order valence-corrected chi connectivity index (χ4v) is 2.51. The van der Waals surface area contributed by atoms with Crippen LogP contribution in [0, 0.1) is 5.82 Å². The third kappa shape index (κ3) is 2.21. The first kappa shape index (κ1) is 11.2. The molecule has 0 amide bonds. The molecule has 1 aromatic carbocycles. The largest absolute Gasteiger partial charge is 0.378 e. The lowest BCUT2D eigenvalue weighted by atomic mass is 10.2. The second-order valence-corrected chi connectivity index (χ2v) is 5.16. The molecule has 0 saturated carbocycles. The molecular formula is C12H12BrFN2O. The summed E-state index contributed by atoms with van der Waals surface area (Å²) in [5.74, 6) is 0.592. The van der Waals surface area contributed by atoms with E-state index in [0.29, 0.717) is 4.47 Å². The maximum absolute atomic E-state index is 13.3. The van der Waals surface area contributed by atoms with Gasteiger partial charge in [-0.25, -0.2) is 9.37 Å². The Morgan fingerprint density at radius 2 is 2.41 bits per heavy atom. The van der Waals surface area contributed by atoms with Crippen LogP contribution in [-0.4, -0.2) is 22.7 Å². The van der Waals surface area contributed by atoms with Crippen molar-refractivity contribution in [3.05, 3.63) is 28.2 Å². The quantitative estimate of drug-likeness (QED) is 0.925. The molecule has 1 fully saturated rings. The molecule has 2 heterocycles. The number of H-pyrrole nitrogens is 1. The van der Waals surface area contributed by atoms with Crippen molar-refractivity contribution < 1.29 is 9.13 Å². The van der Waals surface area contributed by atoms with E-state index in [-0.39, 0.29) is 11.9 Å². The molecule has 17 heavy (non-hydrogen) atoms. The Hall–Kier alpha value is -0.940. The summed E-state index contributed by atoms with van der Waals surface area (Å²) >= 11 is 3.16. The third-order valence-electron chi connectivity index (χ3n) is 3.02. The fourth-order valence-electron chi connectivity index (χ4n) is 2.18. The Kier molecular flexibility index (Phi) is 2.88. The highest BCUT2D eigenvalue weighted by Crippen LogP contribution is 2.23. The highest BCUT2D eigenvalue weighted by atomic mass is 79.9. The van der Waals surface area contributed by atoms with Gasteiger partial charge in [-0.2, -0.15) is 0 Å². The third-order valence-corrected chi connectivity index (χ3v) is 3.63. The molecule has 1 aliphatic rings.